The highest BCUT2D eigenvalue weighted by Crippen LogP contribution is 2.31. The van der Waals surface area contributed by atoms with E-state index in [1.165, 1.54) is 11.8 Å². The Labute approximate surface area is 168 Å². The molecule has 0 saturated heterocycles. The zero-order chi connectivity index (χ0) is 19.3. The number of benzene rings is 2. The quantitative estimate of drug-likeness (QED) is 0.489. The molecule has 1 atom stereocenters. The molecule has 1 amide bonds. The molecule has 3 aromatic rings. The molecule has 2 N–H and O–H groups in total. The minimum Gasteiger partial charge on any atom is -0.493 e. The SMILES string of the molecule is CCNc1nc(SCC(=O)NC2CCOc3ccccc32)nc2ccccc12. The summed E-state index contributed by atoms with van der Waals surface area (Å²) in [5.41, 5.74) is 1.90. The fourth-order valence-electron chi connectivity index (χ4n) is 3.28. The number of hydrogen-bond donors (Lipinski definition) is 2. The second kappa shape index (κ2) is 8.48. The second-order valence-electron chi connectivity index (χ2n) is 6.49. The van der Waals surface area contributed by atoms with Crippen LogP contribution in [0.2, 0.25) is 0 Å². The van der Waals surface area contributed by atoms with E-state index in [0.29, 0.717) is 11.8 Å². The molecular formula is C21H22N4O2S. The maximum absolute atomic E-state index is 12.5. The highest BCUT2D eigenvalue weighted by atomic mass is 32.2. The average molecular weight is 395 g/mol. The highest BCUT2D eigenvalue weighted by molar-refractivity contribution is 7.99. The summed E-state index contributed by atoms with van der Waals surface area (Å²) in [7, 11) is 0. The molecule has 1 aliphatic rings. The molecule has 28 heavy (non-hydrogen) atoms. The van der Waals surface area contributed by atoms with Crippen molar-refractivity contribution in [3.05, 3.63) is 54.1 Å². The molecule has 2 heterocycles. The molecule has 0 aliphatic carbocycles. The van der Waals surface area contributed by atoms with Crippen molar-refractivity contribution in [3.63, 3.8) is 0 Å². The molecule has 1 unspecified atom stereocenters. The van der Waals surface area contributed by atoms with E-state index >= 15 is 0 Å². The van der Waals surface area contributed by atoms with Crippen LogP contribution < -0.4 is 15.4 Å². The number of carbonyl (C=O) groups is 1. The third kappa shape index (κ3) is 4.04. The fourth-order valence-corrected chi connectivity index (χ4v) is 3.94. The zero-order valence-electron chi connectivity index (χ0n) is 15.6. The Kier molecular flexibility index (Phi) is 5.62. The van der Waals surface area contributed by atoms with E-state index in [9.17, 15) is 4.79 Å². The van der Waals surface area contributed by atoms with Crippen molar-refractivity contribution in [2.24, 2.45) is 0 Å². The number of anilines is 1. The van der Waals surface area contributed by atoms with Gasteiger partial charge in [-0.1, -0.05) is 42.1 Å². The van der Waals surface area contributed by atoms with Crippen molar-refractivity contribution in [2.75, 3.05) is 24.2 Å². The van der Waals surface area contributed by atoms with Crippen LogP contribution in [0.1, 0.15) is 24.9 Å². The van der Waals surface area contributed by atoms with Gasteiger partial charge in [0.15, 0.2) is 5.16 Å². The predicted octanol–water partition coefficient (Wildman–Crippen LogP) is 3.79. The van der Waals surface area contributed by atoms with E-state index in [0.717, 1.165) is 41.0 Å². The lowest BCUT2D eigenvalue weighted by Gasteiger charge is -2.26. The number of carbonyl (C=O) groups excluding carboxylic acids is 1. The molecule has 0 fully saturated rings. The van der Waals surface area contributed by atoms with Gasteiger partial charge in [-0.05, 0) is 25.1 Å². The van der Waals surface area contributed by atoms with E-state index in [1.807, 2.05) is 55.5 Å². The lowest BCUT2D eigenvalue weighted by Crippen LogP contribution is -2.33. The molecule has 7 heteroatoms. The summed E-state index contributed by atoms with van der Waals surface area (Å²) in [6, 6.07) is 15.7. The number of amides is 1. The van der Waals surface area contributed by atoms with E-state index in [1.54, 1.807) is 0 Å². The normalized spacial score (nSPS) is 15.5. The summed E-state index contributed by atoms with van der Waals surface area (Å²) in [6.07, 6.45) is 0.768. The van der Waals surface area contributed by atoms with Crippen LogP contribution in [0.4, 0.5) is 5.82 Å². The van der Waals surface area contributed by atoms with Gasteiger partial charge in [-0.2, -0.15) is 0 Å². The minimum atomic E-state index is -0.0338. The maximum Gasteiger partial charge on any atom is 0.230 e. The molecule has 6 nitrogen and oxygen atoms in total. The highest BCUT2D eigenvalue weighted by Gasteiger charge is 2.22. The molecular weight excluding hydrogens is 372 g/mol. The summed E-state index contributed by atoms with van der Waals surface area (Å²) in [6.45, 7) is 3.41. The second-order valence-corrected chi connectivity index (χ2v) is 7.43. The zero-order valence-corrected chi connectivity index (χ0v) is 16.5. The number of fused-ring (bicyclic) bond motifs is 2. The van der Waals surface area contributed by atoms with Crippen LogP contribution in [0.5, 0.6) is 5.75 Å². The van der Waals surface area contributed by atoms with Crippen molar-refractivity contribution >= 4 is 34.4 Å². The first-order valence-corrected chi connectivity index (χ1v) is 10.4. The van der Waals surface area contributed by atoms with E-state index < -0.39 is 0 Å². The summed E-state index contributed by atoms with van der Waals surface area (Å²) < 4.78 is 5.66. The first-order valence-electron chi connectivity index (χ1n) is 9.39. The lowest BCUT2D eigenvalue weighted by atomic mass is 10.0. The number of rotatable bonds is 6. The number of aromatic nitrogens is 2. The van der Waals surface area contributed by atoms with Crippen LogP contribution in [-0.4, -0.2) is 34.8 Å². The van der Waals surface area contributed by atoms with Crippen LogP contribution in [0, 0.1) is 0 Å². The van der Waals surface area contributed by atoms with Crippen LogP contribution in [0.15, 0.2) is 53.7 Å². The van der Waals surface area contributed by atoms with Gasteiger partial charge in [-0.3, -0.25) is 4.79 Å². The van der Waals surface area contributed by atoms with Gasteiger partial charge in [-0.25, -0.2) is 9.97 Å². The van der Waals surface area contributed by atoms with Crippen molar-refractivity contribution in [1.82, 2.24) is 15.3 Å². The van der Waals surface area contributed by atoms with Gasteiger partial charge in [0.25, 0.3) is 0 Å². The molecule has 1 aromatic heterocycles. The Morgan fingerprint density at radius 2 is 2.00 bits per heavy atom. The molecule has 2 aromatic carbocycles. The number of para-hydroxylation sites is 2. The van der Waals surface area contributed by atoms with E-state index in [-0.39, 0.29) is 17.7 Å². The van der Waals surface area contributed by atoms with Crippen LogP contribution >= 0.6 is 11.8 Å². The van der Waals surface area contributed by atoms with Gasteiger partial charge in [0.2, 0.25) is 5.91 Å². The van der Waals surface area contributed by atoms with Crippen molar-refractivity contribution in [1.29, 1.82) is 0 Å². The number of hydrogen-bond acceptors (Lipinski definition) is 6. The largest absolute Gasteiger partial charge is 0.493 e. The first-order chi connectivity index (χ1) is 13.7. The lowest BCUT2D eigenvalue weighted by molar-refractivity contribution is -0.119. The monoisotopic (exact) mass is 394 g/mol. The molecule has 0 spiro atoms. The Hall–Kier alpha value is -2.80. The first kappa shape index (κ1) is 18.6. The average Bonchev–Trinajstić information content (AvgIpc) is 2.73. The summed E-state index contributed by atoms with van der Waals surface area (Å²) in [5.74, 6) is 1.88. The Morgan fingerprint density at radius 3 is 2.89 bits per heavy atom. The molecule has 4 rings (SSSR count). The molecule has 144 valence electrons. The van der Waals surface area contributed by atoms with Crippen LogP contribution in [0.3, 0.4) is 0 Å². The molecule has 0 bridgehead atoms. The van der Waals surface area contributed by atoms with Crippen LogP contribution in [-0.2, 0) is 4.79 Å². The molecule has 1 aliphatic heterocycles. The molecule has 0 saturated carbocycles. The molecule has 0 radical (unpaired) electrons. The standard InChI is InChI=1S/C21H22N4O2S/c1-2-22-20-15-8-3-5-9-16(15)24-21(25-20)28-13-19(26)23-17-11-12-27-18-10-6-4-7-14(17)18/h3-10,17H,2,11-13H2,1H3,(H,23,26)(H,22,24,25). The van der Waals surface area contributed by atoms with Gasteiger partial charge in [-0.15, -0.1) is 0 Å². The number of thioether (sulfide) groups is 1. The Balaban J connectivity index is 1.44. The smallest absolute Gasteiger partial charge is 0.230 e. The topological polar surface area (TPSA) is 76.1 Å². The minimum absolute atomic E-state index is 0.0205. The summed E-state index contributed by atoms with van der Waals surface area (Å²) >= 11 is 1.35. The van der Waals surface area contributed by atoms with E-state index in [2.05, 4.69) is 20.6 Å². The van der Waals surface area contributed by atoms with Crippen molar-refractivity contribution in [3.8, 4) is 5.75 Å². The number of nitrogens with one attached hydrogen (secondary N) is 2. The third-order valence-electron chi connectivity index (χ3n) is 4.55. The number of nitrogens with zero attached hydrogens (tertiary/aromatic N) is 2. The van der Waals surface area contributed by atoms with E-state index in [4.69, 9.17) is 4.74 Å². The Bertz CT molecular complexity index is 995. The van der Waals surface area contributed by atoms with Gasteiger partial charge >= 0.3 is 0 Å². The van der Waals surface area contributed by atoms with Crippen molar-refractivity contribution in [2.45, 2.75) is 24.5 Å². The predicted molar refractivity (Wildman–Crippen MR) is 112 cm³/mol. The summed E-state index contributed by atoms with van der Waals surface area (Å²) in [4.78, 5) is 21.7. The summed E-state index contributed by atoms with van der Waals surface area (Å²) in [5, 5.41) is 7.97. The number of ether oxygens (including phenoxy) is 1. The van der Waals surface area contributed by atoms with Gasteiger partial charge in [0, 0.05) is 23.9 Å². The van der Waals surface area contributed by atoms with Gasteiger partial charge < -0.3 is 15.4 Å². The van der Waals surface area contributed by atoms with Gasteiger partial charge in [0.05, 0.1) is 23.9 Å². The third-order valence-corrected chi connectivity index (χ3v) is 5.40. The fraction of sp³-hybridized carbons (Fsp3) is 0.286. The maximum atomic E-state index is 12.5. The van der Waals surface area contributed by atoms with Crippen LogP contribution in [0.25, 0.3) is 10.9 Å². The Morgan fingerprint density at radius 1 is 1.18 bits per heavy atom. The van der Waals surface area contributed by atoms with Gasteiger partial charge in [0.1, 0.15) is 11.6 Å². The van der Waals surface area contributed by atoms with Crippen molar-refractivity contribution < 1.29 is 9.53 Å².